The van der Waals surface area contributed by atoms with Crippen molar-refractivity contribution in [3.8, 4) is 0 Å². The second-order valence-corrected chi connectivity index (χ2v) is 5.50. The molecule has 116 valence electrons. The van der Waals surface area contributed by atoms with Crippen molar-refractivity contribution >= 4 is 5.91 Å². The van der Waals surface area contributed by atoms with Crippen LogP contribution in [0, 0.1) is 17.6 Å². The Morgan fingerprint density at radius 3 is 2.76 bits per heavy atom. The van der Waals surface area contributed by atoms with Gasteiger partial charge in [0.2, 0.25) is 5.91 Å². The molecule has 0 radical (unpaired) electrons. The molecule has 2 N–H and O–H groups in total. The predicted molar refractivity (Wildman–Crippen MR) is 74.5 cm³/mol. The summed E-state index contributed by atoms with van der Waals surface area (Å²) in [5.74, 6) is -1.94. The van der Waals surface area contributed by atoms with Crippen LogP contribution in [0.25, 0.3) is 0 Å². The number of aliphatic hydroxyl groups excluding tert-OH is 1. The van der Waals surface area contributed by atoms with Gasteiger partial charge in [0.1, 0.15) is 17.7 Å². The number of amides is 1. The van der Waals surface area contributed by atoms with Crippen LogP contribution in [0.15, 0.2) is 18.2 Å². The van der Waals surface area contributed by atoms with Crippen molar-refractivity contribution in [2.75, 3.05) is 26.7 Å². The normalized spacial score (nSPS) is 21.0. The molecule has 1 aromatic rings. The molecule has 1 aliphatic heterocycles. The van der Waals surface area contributed by atoms with Gasteiger partial charge in [-0.3, -0.25) is 4.79 Å². The summed E-state index contributed by atoms with van der Waals surface area (Å²) in [5.41, 5.74) is -0.404. The monoisotopic (exact) mass is 298 g/mol. The number of likely N-dealkylation sites (tertiary alicyclic amines) is 1. The van der Waals surface area contributed by atoms with Crippen LogP contribution in [-0.4, -0.2) is 42.6 Å². The molecule has 1 amide bonds. The maximum atomic E-state index is 13.5. The van der Waals surface area contributed by atoms with Crippen LogP contribution in [0.4, 0.5) is 8.78 Å². The first-order valence-corrected chi connectivity index (χ1v) is 7.07. The quantitative estimate of drug-likeness (QED) is 0.885. The molecule has 1 heterocycles. The van der Waals surface area contributed by atoms with Gasteiger partial charge in [-0.25, -0.2) is 8.78 Å². The zero-order valence-corrected chi connectivity index (χ0v) is 12.0. The number of benzene rings is 1. The Hall–Kier alpha value is -1.53. The molecule has 0 aromatic heterocycles. The van der Waals surface area contributed by atoms with Gasteiger partial charge < -0.3 is 15.3 Å². The van der Waals surface area contributed by atoms with E-state index in [9.17, 15) is 18.7 Å². The molecule has 1 aliphatic rings. The third kappa shape index (κ3) is 3.98. The number of carbonyl (C=O) groups is 1. The average Bonchev–Trinajstić information content (AvgIpc) is 2.44. The maximum Gasteiger partial charge on any atom is 0.224 e. The standard InChI is InChI=1S/C15H20F2N2O2/c1-19-7-3-4-10(9-19)15(21)18-8-13(20)14-11(16)5-2-6-12(14)17/h2,5-6,10,13,20H,3-4,7-9H2,1H3,(H,18,21). The van der Waals surface area contributed by atoms with E-state index in [1.807, 2.05) is 7.05 Å². The summed E-state index contributed by atoms with van der Waals surface area (Å²) in [6, 6.07) is 3.40. The summed E-state index contributed by atoms with van der Waals surface area (Å²) < 4.78 is 27.0. The Balaban J connectivity index is 1.91. The minimum atomic E-state index is -1.39. The zero-order valence-electron chi connectivity index (χ0n) is 12.0. The van der Waals surface area contributed by atoms with Crippen LogP contribution in [0.1, 0.15) is 24.5 Å². The first kappa shape index (κ1) is 15.9. The molecule has 21 heavy (non-hydrogen) atoms. The van der Waals surface area contributed by atoms with Gasteiger partial charge >= 0.3 is 0 Å². The predicted octanol–water partition coefficient (Wildman–Crippen LogP) is 1.46. The molecule has 0 spiro atoms. The van der Waals surface area contributed by atoms with E-state index in [2.05, 4.69) is 10.2 Å². The number of hydrogen-bond donors (Lipinski definition) is 2. The Bertz CT molecular complexity index is 490. The molecule has 1 aromatic carbocycles. The molecule has 2 unspecified atom stereocenters. The molecule has 1 fully saturated rings. The number of nitrogens with zero attached hydrogens (tertiary/aromatic N) is 1. The minimum Gasteiger partial charge on any atom is -0.386 e. The summed E-state index contributed by atoms with van der Waals surface area (Å²) in [6.07, 6.45) is 0.343. The van der Waals surface area contributed by atoms with E-state index in [-0.39, 0.29) is 18.4 Å². The van der Waals surface area contributed by atoms with E-state index >= 15 is 0 Å². The van der Waals surface area contributed by atoms with E-state index in [1.165, 1.54) is 6.07 Å². The van der Waals surface area contributed by atoms with E-state index in [0.717, 1.165) is 31.5 Å². The fourth-order valence-corrected chi connectivity index (χ4v) is 2.65. The Labute approximate surface area is 122 Å². The topological polar surface area (TPSA) is 52.6 Å². The Morgan fingerprint density at radius 2 is 2.14 bits per heavy atom. The molecular formula is C15H20F2N2O2. The van der Waals surface area contributed by atoms with Crippen molar-refractivity contribution in [2.45, 2.75) is 18.9 Å². The molecule has 2 rings (SSSR count). The number of halogens is 2. The van der Waals surface area contributed by atoms with Crippen molar-refractivity contribution in [1.82, 2.24) is 10.2 Å². The lowest BCUT2D eigenvalue weighted by molar-refractivity contribution is -0.127. The third-order valence-electron chi connectivity index (χ3n) is 3.80. The summed E-state index contributed by atoms with van der Waals surface area (Å²) in [5, 5.41) is 12.5. The average molecular weight is 298 g/mol. The highest BCUT2D eigenvalue weighted by atomic mass is 19.1. The highest BCUT2D eigenvalue weighted by molar-refractivity contribution is 5.79. The first-order chi connectivity index (χ1) is 9.99. The molecule has 4 nitrogen and oxygen atoms in total. The van der Waals surface area contributed by atoms with Crippen LogP contribution in [-0.2, 0) is 4.79 Å². The van der Waals surface area contributed by atoms with E-state index < -0.39 is 23.3 Å². The van der Waals surface area contributed by atoms with Gasteiger partial charge in [-0.2, -0.15) is 0 Å². The molecule has 2 atom stereocenters. The summed E-state index contributed by atoms with van der Waals surface area (Å²) in [4.78, 5) is 14.1. The van der Waals surface area contributed by atoms with Crippen LogP contribution >= 0.6 is 0 Å². The first-order valence-electron chi connectivity index (χ1n) is 7.07. The SMILES string of the molecule is CN1CCCC(C(=O)NCC(O)c2c(F)cccc2F)C1. The van der Waals surface area contributed by atoms with Gasteiger partial charge in [-0.15, -0.1) is 0 Å². The van der Waals surface area contributed by atoms with Gasteiger partial charge in [0, 0.05) is 13.1 Å². The van der Waals surface area contributed by atoms with E-state index in [1.54, 1.807) is 0 Å². The van der Waals surface area contributed by atoms with Gasteiger partial charge in [-0.05, 0) is 38.6 Å². The van der Waals surface area contributed by atoms with Crippen molar-refractivity contribution in [3.05, 3.63) is 35.4 Å². The highest BCUT2D eigenvalue weighted by Gasteiger charge is 2.25. The van der Waals surface area contributed by atoms with Crippen molar-refractivity contribution in [1.29, 1.82) is 0 Å². The summed E-state index contributed by atoms with van der Waals surface area (Å²) in [7, 11) is 1.95. The van der Waals surface area contributed by atoms with Crippen LogP contribution in [0.2, 0.25) is 0 Å². The van der Waals surface area contributed by atoms with Crippen molar-refractivity contribution in [3.63, 3.8) is 0 Å². The van der Waals surface area contributed by atoms with Crippen LogP contribution in [0.5, 0.6) is 0 Å². The maximum absolute atomic E-state index is 13.5. The Kier molecular flexibility index (Phi) is 5.25. The number of hydrogen-bond acceptors (Lipinski definition) is 3. The lowest BCUT2D eigenvalue weighted by atomic mass is 9.97. The molecule has 0 aliphatic carbocycles. The molecular weight excluding hydrogens is 278 g/mol. The van der Waals surface area contributed by atoms with Crippen molar-refractivity contribution < 1.29 is 18.7 Å². The van der Waals surface area contributed by atoms with E-state index in [0.29, 0.717) is 6.54 Å². The van der Waals surface area contributed by atoms with Gasteiger partial charge in [0.15, 0.2) is 0 Å². The number of aliphatic hydroxyl groups is 1. The van der Waals surface area contributed by atoms with Crippen LogP contribution < -0.4 is 5.32 Å². The van der Waals surface area contributed by atoms with Gasteiger partial charge in [0.05, 0.1) is 11.5 Å². The third-order valence-corrected chi connectivity index (χ3v) is 3.80. The number of rotatable bonds is 4. The number of nitrogens with one attached hydrogen (secondary N) is 1. The minimum absolute atomic E-state index is 0.138. The second-order valence-electron chi connectivity index (χ2n) is 5.50. The number of carbonyl (C=O) groups excluding carboxylic acids is 1. The highest BCUT2D eigenvalue weighted by Crippen LogP contribution is 2.20. The molecule has 6 heteroatoms. The smallest absolute Gasteiger partial charge is 0.224 e. The molecule has 0 saturated carbocycles. The zero-order chi connectivity index (χ0) is 15.4. The van der Waals surface area contributed by atoms with E-state index in [4.69, 9.17) is 0 Å². The van der Waals surface area contributed by atoms with Crippen LogP contribution in [0.3, 0.4) is 0 Å². The Morgan fingerprint density at radius 1 is 1.48 bits per heavy atom. The van der Waals surface area contributed by atoms with Crippen molar-refractivity contribution in [2.24, 2.45) is 5.92 Å². The lowest BCUT2D eigenvalue weighted by Gasteiger charge is -2.29. The molecule has 0 bridgehead atoms. The summed E-state index contributed by atoms with van der Waals surface area (Å²) in [6.45, 7) is 1.43. The largest absolute Gasteiger partial charge is 0.386 e. The fraction of sp³-hybridized carbons (Fsp3) is 0.533. The van der Waals surface area contributed by atoms with Gasteiger partial charge in [-0.1, -0.05) is 6.07 Å². The summed E-state index contributed by atoms with van der Waals surface area (Å²) >= 11 is 0. The van der Waals surface area contributed by atoms with Gasteiger partial charge in [0.25, 0.3) is 0 Å². The molecule has 1 saturated heterocycles. The lowest BCUT2D eigenvalue weighted by Crippen LogP contribution is -2.42. The fourth-order valence-electron chi connectivity index (χ4n) is 2.65. The number of piperidine rings is 1. The second kappa shape index (κ2) is 6.95.